The van der Waals surface area contributed by atoms with Crippen LogP contribution in [0.5, 0.6) is 0 Å². The molecule has 0 atom stereocenters. The van der Waals surface area contributed by atoms with Crippen molar-refractivity contribution in [3.63, 3.8) is 0 Å². The minimum atomic E-state index is 0.679. The second kappa shape index (κ2) is 2.98. The Morgan fingerprint density at radius 3 is 3.00 bits per heavy atom. The van der Waals surface area contributed by atoms with Gasteiger partial charge >= 0.3 is 0 Å². The van der Waals surface area contributed by atoms with Gasteiger partial charge in [0.05, 0.1) is 18.5 Å². The summed E-state index contributed by atoms with van der Waals surface area (Å²) in [5.74, 6) is 0.835. The Morgan fingerprint density at radius 2 is 2.42 bits per heavy atom. The average Bonchev–Trinajstić information content (AvgIpc) is 2.58. The zero-order chi connectivity index (χ0) is 8.39. The molecular weight excluding hydrogens is 154 g/mol. The van der Waals surface area contributed by atoms with E-state index in [0.717, 1.165) is 25.4 Å². The zero-order valence-electron chi connectivity index (χ0n) is 6.73. The van der Waals surface area contributed by atoms with Crippen molar-refractivity contribution in [2.24, 2.45) is 0 Å². The molecule has 1 aliphatic rings. The topological polar surface area (TPSA) is 51.4 Å². The number of anilines is 2. The summed E-state index contributed by atoms with van der Waals surface area (Å²) in [6.07, 6.45) is 2.70. The van der Waals surface area contributed by atoms with Crippen LogP contribution in [-0.2, 0) is 4.84 Å². The van der Waals surface area contributed by atoms with Gasteiger partial charge in [0.1, 0.15) is 0 Å². The standard InChI is InChI=1S/C8H11N3O/c9-7-2-3-8(10-6-7)11-4-1-5-12-11/h2-3,6H,1,4-5,9H2. The van der Waals surface area contributed by atoms with Crippen molar-refractivity contribution in [1.82, 2.24) is 4.98 Å². The highest BCUT2D eigenvalue weighted by Crippen LogP contribution is 2.16. The fraction of sp³-hybridized carbons (Fsp3) is 0.375. The summed E-state index contributed by atoms with van der Waals surface area (Å²) < 4.78 is 0. The molecule has 0 spiro atoms. The van der Waals surface area contributed by atoms with Crippen LogP contribution in [0, 0.1) is 0 Å². The Balaban J connectivity index is 2.17. The molecule has 2 N–H and O–H groups in total. The molecule has 12 heavy (non-hydrogen) atoms. The predicted molar refractivity (Wildman–Crippen MR) is 46.6 cm³/mol. The maximum atomic E-state index is 5.50. The molecule has 0 saturated carbocycles. The highest BCUT2D eigenvalue weighted by atomic mass is 16.7. The summed E-state index contributed by atoms with van der Waals surface area (Å²) in [5, 5.41) is 1.79. The first kappa shape index (κ1) is 7.36. The van der Waals surface area contributed by atoms with Crippen molar-refractivity contribution >= 4 is 11.5 Å². The van der Waals surface area contributed by atoms with Gasteiger partial charge in [-0.15, -0.1) is 0 Å². The number of aromatic nitrogens is 1. The molecule has 0 aromatic carbocycles. The number of hydrogen-bond acceptors (Lipinski definition) is 4. The van der Waals surface area contributed by atoms with Gasteiger partial charge in [-0.3, -0.25) is 4.84 Å². The molecule has 1 aliphatic heterocycles. The van der Waals surface area contributed by atoms with Crippen molar-refractivity contribution in [3.05, 3.63) is 18.3 Å². The van der Waals surface area contributed by atoms with Crippen molar-refractivity contribution < 1.29 is 4.84 Å². The lowest BCUT2D eigenvalue weighted by molar-refractivity contribution is 0.166. The average molecular weight is 165 g/mol. The first-order valence-corrected chi connectivity index (χ1v) is 3.98. The zero-order valence-corrected chi connectivity index (χ0v) is 6.73. The first-order valence-electron chi connectivity index (χ1n) is 3.98. The first-order chi connectivity index (χ1) is 5.86. The van der Waals surface area contributed by atoms with Gasteiger partial charge in [0.15, 0.2) is 5.82 Å². The number of hydroxylamine groups is 1. The van der Waals surface area contributed by atoms with Crippen LogP contribution in [0.15, 0.2) is 18.3 Å². The second-order valence-corrected chi connectivity index (χ2v) is 2.74. The van der Waals surface area contributed by atoms with Crippen LogP contribution in [0.2, 0.25) is 0 Å². The molecule has 0 unspecified atom stereocenters. The molecule has 64 valence electrons. The third-order valence-electron chi connectivity index (χ3n) is 1.78. The minimum absolute atomic E-state index is 0.679. The lowest BCUT2D eigenvalue weighted by atomic mass is 10.4. The molecule has 0 amide bonds. The van der Waals surface area contributed by atoms with Gasteiger partial charge in [-0.1, -0.05) is 0 Å². The van der Waals surface area contributed by atoms with Crippen LogP contribution >= 0.6 is 0 Å². The van der Waals surface area contributed by atoms with Crippen molar-refractivity contribution in [2.45, 2.75) is 6.42 Å². The Morgan fingerprint density at radius 1 is 1.50 bits per heavy atom. The third-order valence-corrected chi connectivity index (χ3v) is 1.78. The van der Waals surface area contributed by atoms with Crippen LogP contribution in [0.1, 0.15) is 6.42 Å². The molecule has 4 heteroatoms. The van der Waals surface area contributed by atoms with Crippen molar-refractivity contribution in [3.8, 4) is 0 Å². The lowest BCUT2D eigenvalue weighted by Gasteiger charge is -2.13. The number of rotatable bonds is 1. The van der Waals surface area contributed by atoms with Gasteiger partial charge in [-0.25, -0.2) is 10.0 Å². The van der Waals surface area contributed by atoms with Gasteiger partial charge < -0.3 is 5.73 Å². The lowest BCUT2D eigenvalue weighted by Crippen LogP contribution is -2.17. The molecule has 1 fully saturated rings. The fourth-order valence-electron chi connectivity index (χ4n) is 1.17. The molecule has 0 radical (unpaired) electrons. The van der Waals surface area contributed by atoms with Crippen molar-refractivity contribution in [2.75, 3.05) is 23.9 Å². The second-order valence-electron chi connectivity index (χ2n) is 2.74. The molecule has 2 rings (SSSR count). The number of nitrogens with zero attached hydrogens (tertiary/aromatic N) is 2. The summed E-state index contributed by atoms with van der Waals surface area (Å²) in [7, 11) is 0. The van der Waals surface area contributed by atoms with Crippen LogP contribution < -0.4 is 10.8 Å². The van der Waals surface area contributed by atoms with Crippen LogP contribution in [0.4, 0.5) is 11.5 Å². The van der Waals surface area contributed by atoms with E-state index in [4.69, 9.17) is 10.6 Å². The summed E-state index contributed by atoms with van der Waals surface area (Å²) in [6, 6.07) is 3.69. The van der Waals surface area contributed by atoms with E-state index in [1.54, 1.807) is 11.3 Å². The monoisotopic (exact) mass is 165 g/mol. The molecule has 4 nitrogen and oxygen atoms in total. The Kier molecular flexibility index (Phi) is 1.83. The highest BCUT2D eigenvalue weighted by molar-refractivity contribution is 5.44. The highest BCUT2D eigenvalue weighted by Gasteiger charge is 2.13. The minimum Gasteiger partial charge on any atom is -0.397 e. The normalized spacial score (nSPS) is 16.8. The number of hydrogen-bond donors (Lipinski definition) is 1. The Bertz CT molecular complexity index is 254. The molecule has 0 bridgehead atoms. The van der Waals surface area contributed by atoms with Gasteiger partial charge in [0.2, 0.25) is 0 Å². The molecule has 0 aliphatic carbocycles. The SMILES string of the molecule is Nc1ccc(N2CCCO2)nc1. The van der Waals surface area contributed by atoms with Crippen LogP contribution in [-0.4, -0.2) is 18.1 Å². The third kappa shape index (κ3) is 1.33. The van der Waals surface area contributed by atoms with E-state index in [-0.39, 0.29) is 0 Å². The van der Waals surface area contributed by atoms with E-state index in [9.17, 15) is 0 Å². The molecule has 2 heterocycles. The van der Waals surface area contributed by atoms with E-state index in [1.807, 2.05) is 12.1 Å². The Labute approximate surface area is 70.9 Å². The van der Waals surface area contributed by atoms with Crippen LogP contribution in [0.3, 0.4) is 0 Å². The van der Waals surface area contributed by atoms with E-state index in [1.165, 1.54) is 0 Å². The summed E-state index contributed by atoms with van der Waals surface area (Å²) in [5.41, 5.74) is 6.18. The molecular formula is C8H11N3O. The van der Waals surface area contributed by atoms with E-state index < -0.39 is 0 Å². The maximum absolute atomic E-state index is 5.50. The smallest absolute Gasteiger partial charge is 0.152 e. The predicted octanol–water partition coefficient (Wildman–Crippen LogP) is 0.806. The van der Waals surface area contributed by atoms with Crippen LogP contribution in [0.25, 0.3) is 0 Å². The Hall–Kier alpha value is -1.29. The fourth-order valence-corrected chi connectivity index (χ4v) is 1.17. The number of nitrogens with two attached hydrogens (primary N) is 1. The van der Waals surface area contributed by atoms with E-state index in [0.29, 0.717) is 5.69 Å². The van der Waals surface area contributed by atoms with Crippen molar-refractivity contribution in [1.29, 1.82) is 0 Å². The summed E-state index contributed by atoms with van der Waals surface area (Å²) in [4.78, 5) is 9.45. The van der Waals surface area contributed by atoms with E-state index in [2.05, 4.69) is 4.98 Å². The quantitative estimate of drug-likeness (QED) is 0.669. The van der Waals surface area contributed by atoms with Gasteiger partial charge in [-0.2, -0.15) is 0 Å². The van der Waals surface area contributed by atoms with Gasteiger partial charge in [-0.05, 0) is 18.6 Å². The van der Waals surface area contributed by atoms with Gasteiger partial charge in [0.25, 0.3) is 0 Å². The molecule has 1 saturated heterocycles. The summed E-state index contributed by atoms with van der Waals surface area (Å²) >= 11 is 0. The largest absolute Gasteiger partial charge is 0.397 e. The maximum Gasteiger partial charge on any atom is 0.152 e. The molecule has 1 aromatic heterocycles. The number of nitrogen functional groups attached to an aromatic ring is 1. The summed E-state index contributed by atoms with van der Waals surface area (Å²) in [6.45, 7) is 1.70. The molecule has 1 aromatic rings. The van der Waals surface area contributed by atoms with E-state index >= 15 is 0 Å². The number of pyridine rings is 1. The van der Waals surface area contributed by atoms with Gasteiger partial charge in [0, 0.05) is 6.54 Å².